The van der Waals surface area contributed by atoms with Gasteiger partial charge in [0.05, 0.1) is 12.5 Å². The second-order valence-electron chi connectivity index (χ2n) is 17.8. The van der Waals surface area contributed by atoms with Crippen LogP contribution in [0.25, 0.3) is 11.1 Å². The van der Waals surface area contributed by atoms with Crippen LogP contribution < -0.4 is 27.0 Å². The maximum Gasteiger partial charge on any atom is 0.253 e. The Morgan fingerprint density at radius 2 is 1.55 bits per heavy atom. The number of hydrogen-bond acceptors (Lipinski definition) is 10. The fourth-order valence-electron chi connectivity index (χ4n) is 7.88. The molecular weight excluding hydrogens is 871 g/mol. The minimum Gasteiger partial charge on any atom is -0.387 e. The first-order valence-electron chi connectivity index (χ1n) is 22.2. The van der Waals surface area contributed by atoms with Gasteiger partial charge in [-0.2, -0.15) is 0 Å². The van der Waals surface area contributed by atoms with E-state index >= 15 is 4.39 Å². The molecule has 0 fully saturated rings. The summed E-state index contributed by atoms with van der Waals surface area (Å²) in [5.41, 5.74) is 4.92. The first kappa shape index (κ1) is 53.0. The van der Waals surface area contributed by atoms with Crippen molar-refractivity contribution in [2.75, 3.05) is 32.8 Å². The van der Waals surface area contributed by atoms with Gasteiger partial charge in [-0.05, 0) is 74.9 Å². The van der Waals surface area contributed by atoms with Crippen LogP contribution in [0.1, 0.15) is 90.4 Å². The highest BCUT2D eigenvalue weighted by atomic mass is 19.1. The van der Waals surface area contributed by atoms with Crippen molar-refractivity contribution in [3.8, 4) is 11.1 Å². The van der Waals surface area contributed by atoms with Crippen LogP contribution in [0.5, 0.6) is 0 Å². The van der Waals surface area contributed by atoms with Gasteiger partial charge in [-0.15, -0.1) is 0 Å². The number of amides is 7. The third-order valence-corrected chi connectivity index (χ3v) is 11.2. The third-order valence-electron chi connectivity index (χ3n) is 11.2. The summed E-state index contributed by atoms with van der Waals surface area (Å²) in [6.07, 6.45) is 5.69. The zero-order chi connectivity index (χ0) is 49.5. The van der Waals surface area contributed by atoms with E-state index in [0.29, 0.717) is 43.4 Å². The Morgan fingerprint density at radius 3 is 2.18 bits per heavy atom. The van der Waals surface area contributed by atoms with Gasteiger partial charge in [-0.1, -0.05) is 57.5 Å². The van der Waals surface area contributed by atoms with E-state index in [2.05, 4.69) is 21.3 Å². The average molecular weight is 933 g/mol. The molecule has 67 heavy (non-hydrogen) atoms. The van der Waals surface area contributed by atoms with Crippen molar-refractivity contribution in [3.05, 3.63) is 95.8 Å². The van der Waals surface area contributed by atoms with E-state index in [9.17, 15) is 47.9 Å². The zero-order valence-electron chi connectivity index (χ0n) is 38.6. The number of benzene rings is 2. The molecule has 17 nitrogen and oxygen atoms in total. The maximum absolute atomic E-state index is 15.1. The zero-order valence-corrected chi connectivity index (χ0v) is 38.6. The number of imide groups is 1. The number of unbranched alkanes of at least 4 members (excludes halogenated alkanes) is 2. The molecule has 0 bridgehead atoms. The molecule has 1 aliphatic rings. The van der Waals surface area contributed by atoms with Crippen LogP contribution in [0.2, 0.25) is 0 Å². The number of nitrogens with two attached hydrogens (primary N) is 1. The number of primary amides is 1. The molecule has 4 rings (SSSR count). The molecule has 4 atom stereocenters. The predicted octanol–water partition coefficient (Wildman–Crippen LogP) is 2.79. The van der Waals surface area contributed by atoms with Gasteiger partial charge in [0.1, 0.15) is 42.2 Å². The largest absolute Gasteiger partial charge is 0.387 e. The van der Waals surface area contributed by atoms with Gasteiger partial charge in [0.15, 0.2) is 0 Å². The second-order valence-corrected chi connectivity index (χ2v) is 17.8. The highest BCUT2D eigenvalue weighted by Gasteiger charge is 2.38. The first-order valence-corrected chi connectivity index (χ1v) is 22.2. The summed E-state index contributed by atoms with van der Waals surface area (Å²) >= 11 is 0. The first-order chi connectivity index (χ1) is 31.7. The summed E-state index contributed by atoms with van der Waals surface area (Å²) in [5.74, 6) is -5.46. The number of carbonyl (C=O) groups excluding carboxylic acids is 8. The fourth-order valence-corrected chi connectivity index (χ4v) is 7.88. The molecular formula is C48H62F2N8O9. The number of aliphatic hydroxyl groups is 1. The van der Waals surface area contributed by atoms with Gasteiger partial charge in [-0.3, -0.25) is 38.5 Å². The summed E-state index contributed by atoms with van der Waals surface area (Å²) in [5, 5.41) is 20.8. The minimum absolute atomic E-state index is 0.0365. The van der Waals surface area contributed by atoms with E-state index in [1.54, 1.807) is 12.3 Å². The lowest BCUT2D eigenvalue weighted by Gasteiger charge is -2.41. The summed E-state index contributed by atoms with van der Waals surface area (Å²) in [7, 11) is 0. The highest BCUT2D eigenvalue weighted by molar-refractivity contribution is 6.12. The fraction of sp³-hybridized carbons (Fsp3) is 0.458. The third kappa shape index (κ3) is 15.2. The molecule has 0 radical (unpaired) electrons. The second kappa shape index (κ2) is 24.3. The Bertz CT molecular complexity index is 2280. The number of nitrogens with one attached hydrogen (secondary N) is 4. The number of aliphatic hydroxyl groups excluding tert-OH is 1. The SMILES string of the molecule is C[C@H](NC(=O)CCCCCN1C(=O)C=CC1=O)C(=O)N[C@H](C)C(=O)N[C@](C=O)(CNCCCN(C(=O)CO)[C@@H](c1cc(-c2cc(F)ccc2F)cn1Cc1ccccc1)C(C)(C)C)CC(N)=O. The molecule has 2 heterocycles. The van der Waals surface area contributed by atoms with Gasteiger partial charge in [0.25, 0.3) is 11.8 Å². The summed E-state index contributed by atoms with van der Waals surface area (Å²) in [6.45, 7) is 8.19. The number of aldehydes is 1. The number of rotatable bonds is 26. The molecule has 3 aromatic rings. The molecule has 362 valence electrons. The van der Waals surface area contributed by atoms with Crippen LogP contribution in [0.15, 0.2) is 72.9 Å². The van der Waals surface area contributed by atoms with E-state index in [0.717, 1.165) is 28.7 Å². The summed E-state index contributed by atoms with van der Waals surface area (Å²) < 4.78 is 31.4. The molecule has 1 aliphatic heterocycles. The number of aromatic nitrogens is 1. The van der Waals surface area contributed by atoms with Gasteiger partial charge in [0, 0.05) is 67.8 Å². The number of hydrogen-bond donors (Lipinski definition) is 6. The molecule has 0 unspecified atom stereocenters. The Labute approximate surface area is 388 Å². The predicted molar refractivity (Wildman–Crippen MR) is 244 cm³/mol. The lowest BCUT2D eigenvalue weighted by atomic mass is 9.83. The molecule has 0 saturated carbocycles. The Hall–Kier alpha value is -6.60. The van der Waals surface area contributed by atoms with E-state index in [4.69, 9.17) is 5.73 Å². The molecule has 19 heteroatoms. The normalized spacial score (nSPS) is 14.8. The number of halogens is 2. The van der Waals surface area contributed by atoms with Crippen LogP contribution in [0.3, 0.4) is 0 Å². The van der Waals surface area contributed by atoms with E-state index in [-0.39, 0.29) is 56.4 Å². The summed E-state index contributed by atoms with van der Waals surface area (Å²) in [4.78, 5) is 103. The maximum atomic E-state index is 15.1. The number of carbonyl (C=O) groups is 8. The van der Waals surface area contributed by atoms with Gasteiger partial charge in [0.2, 0.25) is 29.5 Å². The van der Waals surface area contributed by atoms with Crippen LogP contribution in [-0.4, -0.2) is 118 Å². The lowest BCUT2D eigenvalue weighted by molar-refractivity contribution is -0.140. The van der Waals surface area contributed by atoms with Crippen LogP contribution in [0, 0.1) is 17.0 Å². The Kier molecular flexibility index (Phi) is 19.2. The molecule has 0 aliphatic carbocycles. The minimum atomic E-state index is -1.84. The van der Waals surface area contributed by atoms with Crippen molar-refractivity contribution in [1.82, 2.24) is 35.6 Å². The van der Waals surface area contributed by atoms with Crippen LogP contribution in [-0.2, 0) is 44.9 Å². The molecule has 0 saturated heterocycles. The van der Waals surface area contributed by atoms with Crippen molar-refractivity contribution in [1.29, 1.82) is 0 Å². The highest BCUT2D eigenvalue weighted by Crippen LogP contribution is 2.41. The van der Waals surface area contributed by atoms with E-state index in [1.807, 2.05) is 55.7 Å². The van der Waals surface area contributed by atoms with Crippen molar-refractivity contribution < 1.29 is 52.2 Å². The Balaban J connectivity index is 1.39. The molecule has 7 amide bonds. The smallest absolute Gasteiger partial charge is 0.253 e. The molecule has 7 N–H and O–H groups in total. The van der Waals surface area contributed by atoms with Gasteiger partial charge >= 0.3 is 0 Å². The van der Waals surface area contributed by atoms with Crippen molar-refractivity contribution in [2.45, 2.75) is 103 Å². The summed E-state index contributed by atoms with van der Waals surface area (Å²) in [6, 6.07) is 11.4. The van der Waals surface area contributed by atoms with Gasteiger partial charge in [-0.25, -0.2) is 8.78 Å². The monoisotopic (exact) mass is 932 g/mol. The number of nitrogens with zero attached hydrogens (tertiary/aromatic N) is 3. The standard InChI is InChI=1S/C48H62F2N8O9/c1-31(53-40(62)15-10-7-11-21-57-41(63)18-19-42(57)64)45(66)54-32(2)46(67)55-48(30-60,25-39(51)61)29-52-20-12-22-58(43(65)28-59)44(47(3,4)5)38-23-34(36-24-35(49)16-17-37(36)50)27-56(38)26-33-13-8-6-9-14-33/h6,8-9,13-14,16-19,23-24,27,30-32,44,52,59H,7,10-12,15,20-22,25-26,28-29H2,1-5H3,(H2,51,61)(H,53,62)(H,54,66)(H,55,67)/t31-,32+,44-,48-/m0/s1. The molecule has 0 spiro atoms. The Morgan fingerprint density at radius 1 is 0.881 bits per heavy atom. The van der Waals surface area contributed by atoms with Crippen LogP contribution >= 0.6 is 0 Å². The average Bonchev–Trinajstić information content (AvgIpc) is 3.82. The van der Waals surface area contributed by atoms with E-state index in [1.165, 1.54) is 30.9 Å². The van der Waals surface area contributed by atoms with Crippen LogP contribution in [0.4, 0.5) is 8.78 Å². The molecule has 1 aromatic heterocycles. The lowest BCUT2D eigenvalue weighted by Crippen LogP contribution is -2.62. The van der Waals surface area contributed by atoms with Crippen molar-refractivity contribution in [3.63, 3.8) is 0 Å². The quantitative estimate of drug-likeness (QED) is 0.0391. The topological polar surface area (TPSA) is 242 Å². The van der Waals surface area contributed by atoms with E-state index < -0.39 is 83.3 Å². The van der Waals surface area contributed by atoms with Gasteiger partial charge < -0.3 is 46.4 Å². The molecule has 2 aromatic carbocycles. The van der Waals surface area contributed by atoms with Crippen molar-refractivity contribution in [2.24, 2.45) is 11.1 Å². The van der Waals surface area contributed by atoms with Crippen molar-refractivity contribution >= 4 is 47.6 Å².